The van der Waals surface area contributed by atoms with E-state index in [0.717, 1.165) is 24.0 Å². The lowest BCUT2D eigenvalue weighted by atomic mass is 9.99. The molecule has 21 heavy (non-hydrogen) atoms. The molecule has 4 nitrogen and oxygen atoms in total. The van der Waals surface area contributed by atoms with E-state index in [-0.39, 0.29) is 12.5 Å². The van der Waals surface area contributed by atoms with Gasteiger partial charge in [-0.15, -0.1) is 0 Å². The summed E-state index contributed by atoms with van der Waals surface area (Å²) in [6, 6.07) is 9.46. The number of carbonyl (C=O) groups excluding carboxylic acids is 1. The molecule has 2 N–H and O–H groups in total. The van der Waals surface area contributed by atoms with Crippen LogP contribution in [0.25, 0.3) is 0 Å². The van der Waals surface area contributed by atoms with Gasteiger partial charge in [-0.05, 0) is 37.7 Å². The number of hydrogen-bond acceptors (Lipinski definition) is 2. The first kappa shape index (κ1) is 15.3. The minimum atomic E-state index is -0.887. The molecular formula is C17H21NO3. The van der Waals surface area contributed by atoms with Gasteiger partial charge in [0.1, 0.15) is 0 Å². The summed E-state index contributed by atoms with van der Waals surface area (Å²) >= 11 is 0. The Labute approximate surface area is 124 Å². The maximum Gasteiger partial charge on any atom is 0.308 e. The number of allylic oxidation sites excluding steroid dienone is 1. The van der Waals surface area contributed by atoms with E-state index >= 15 is 0 Å². The molecule has 0 saturated heterocycles. The number of amides is 1. The summed E-state index contributed by atoms with van der Waals surface area (Å²) in [7, 11) is 0. The number of hydrogen-bond donors (Lipinski definition) is 2. The molecule has 1 saturated carbocycles. The van der Waals surface area contributed by atoms with Crippen molar-refractivity contribution in [2.45, 2.75) is 26.2 Å². The first-order chi connectivity index (χ1) is 10.1. The molecule has 1 aromatic carbocycles. The van der Waals surface area contributed by atoms with Crippen LogP contribution in [0.2, 0.25) is 0 Å². The summed E-state index contributed by atoms with van der Waals surface area (Å²) in [5.74, 6) is -1.14. The summed E-state index contributed by atoms with van der Waals surface area (Å²) < 4.78 is 0. The molecule has 1 amide bonds. The lowest BCUT2D eigenvalue weighted by Gasteiger charge is -2.13. The predicted molar refractivity (Wildman–Crippen MR) is 80.8 cm³/mol. The fraction of sp³-hybridized carbons (Fsp3) is 0.412. The molecule has 0 radical (unpaired) electrons. The SMILES string of the molecule is C/C(=C\C(=O)NCC(Cc1ccccc1)C(=O)O)C1CC1. The molecule has 0 spiro atoms. The van der Waals surface area contributed by atoms with E-state index < -0.39 is 11.9 Å². The molecule has 1 unspecified atom stereocenters. The third kappa shape index (κ3) is 5.06. The lowest BCUT2D eigenvalue weighted by Crippen LogP contribution is -2.33. The molecule has 4 heteroatoms. The third-order valence-electron chi connectivity index (χ3n) is 3.78. The summed E-state index contributed by atoms with van der Waals surface area (Å²) in [4.78, 5) is 23.1. The quantitative estimate of drug-likeness (QED) is 0.757. The minimum Gasteiger partial charge on any atom is -0.481 e. The maximum atomic E-state index is 11.8. The van der Waals surface area contributed by atoms with Gasteiger partial charge in [0.15, 0.2) is 0 Å². The van der Waals surface area contributed by atoms with E-state index in [1.807, 2.05) is 37.3 Å². The minimum absolute atomic E-state index is 0.150. The van der Waals surface area contributed by atoms with Crippen LogP contribution in [0.5, 0.6) is 0 Å². The Hall–Kier alpha value is -2.10. The van der Waals surface area contributed by atoms with Crippen LogP contribution in [-0.4, -0.2) is 23.5 Å². The molecule has 1 atom stereocenters. The topological polar surface area (TPSA) is 66.4 Å². The molecule has 0 bridgehead atoms. The third-order valence-corrected chi connectivity index (χ3v) is 3.78. The Kier molecular flexibility index (Phi) is 5.14. The second-order valence-electron chi connectivity index (χ2n) is 5.63. The number of rotatable bonds is 7. The Morgan fingerprint density at radius 2 is 2.00 bits per heavy atom. The number of nitrogens with one attached hydrogen (secondary N) is 1. The largest absolute Gasteiger partial charge is 0.481 e. The van der Waals surface area contributed by atoms with E-state index in [4.69, 9.17) is 0 Å². The van der Waals surface area contributed by atoms with Gasteiger partial charge in [0, 0.05) is 12.6 Å². The first-order valence-corrected chi connectivity index (χ1v) is 7.29. The van der Waals surface area contributed by atoms with Crippen molar-refractivity contribution in [3.63, 3.8) is 0 Å². The maximum absolute atomic E-state index is 11.8. The Morgan fingerprint density at radius 1 is 1.33 bits per heavy atom. The van der Waals surface area contributed by atoms with Crippen LogP contribution in [0.4, 0.5) is 0 Å². The van der Waals surface area contributed by atoms with Crippen molar-refractivity contribution in [3.05, 3.63) is 47.5 Å². The standard InChI is InChI=1S/C17H21NO3/c1-12(14-7-8-14)9-16(19)18-11-15(17(20)21)10-13-5-3-2-4-6-13/h2-6,9,14-15H,7-8,10-11H2,1H3,(H,18,19)(H,20,21)/b12-9+. The molecular weight excluding hydrogens is 266 g/mol. The fourth-order valence-corrected chi connectivity index (χ4v) is 2.28. The van der Waals surface area contributed by atoms with Gasteiger partial charge in [0.2, 0.25) is 5.91 Å². The van der Waals surface area contributed by atoms with Crippen molar-refractivity contribution in [2.24, 2.45) is 11.8 Å². The summed E-state index contributed by atoms with van der Waals surface area (Å²) in [6.07, 6.45) is 4.32. The molecule has 1 fully saturated rings. The molecule has 0 heterocycles. The monoisotopic (exact) mass is 287 g/mol. The average molecular weight is 287 g/mol. The van der Waals surface area contributed by atoms with Crippen LogP contribution in [0, 0.1) is 11.8 Å². The van der Waals surface area contributed by atoms with Crippen molar-refractivity contribution >= 4 is 11.9 Å². The van der Waals surface area contributed by atoms with Gasteiger partial charge in [-0.25, -0.2) is 0 Å². The van der Waals surface area contributed by atoms with Crippen molar-refractivity contribution in [3.8, 4) is 0 Å². The van der Waals surface area contributed by atoms with Crippen molar-refractivity contribution in [1.82, 2.24) is 5.32 Å². The molecule has 2 rings (SSSR count). The van der Waals surface area contributed by atoms with E-state index in [0.29, 0.717) is 12.3 Å². The van der Waals surface area contributed by atoms with Gasteiger partial charge >= 0.3 is 5.97 Å². The summed E-state index contributed by atoms with van der Waals surface area (Å²) in [5, 5.41) is 12.0. The van der Waals surface area contributed by atoms with Crippen LogP contribution in [0.1, 0.15) is 25.3 Å². The highest BCUT2D eigenvalue weighted by atomic mass is 16.4. The van der Waals surface area contributed by atoms with Crippen LogP contribution in [0.3, 0.4) is 0 Å². The van der Waals surface area contributed by atoms with Gasteiger partial charge in [-0.2, -0.15) is 0 Å². The van der Waals surface area contributed by atoms with Gasteiger partial charge in [-0.3, -0.25) is 9.59 Å². The van der Waals surface area contributed by atoms with Crippen LogP contribution >= 0.6 is 0 Å². The van der Waals surface area contributed by atoms with Crippen LogP contribution in [0.15, 0.2) is 42.0 Å². The number of carboxylic acid groups (broad SMARTS) is 1. The van der Waals surface area contributed by atoms with Crippen molar-refractivity contribution in [2.75, 3.05) is 6.54 Å². The molecule has 0 aromatic heterocycles. The van der Waals surface area contributed by atoms with Crippen molar-refractivity contribution in [1.29, 1.82) is 0 Å². The second-order valence-corrected chi connectivity index (χ2v) is 5.63. The summed E-state index contributed by atoms with van der Waals surface area (Å²) in [5.41, 5.74) is 2.05. The highest BCUT2D eigenvalue weighted by molar-refractivity contribution is 5.88. The van der Waals surface area contributed by atoms with E-state index in [1.54, 1.807) is 6.08 Å². The fourth-order valence-electron chi connectivity index (χ4n) is 2.28. The normalized spacial score (nSPS) is 16.3. The first-order valence-electron chi connectivity index (χ1n) is 7.29. The summed E-state index contributed by atoms with van der Waals surface area (Å²) in [6.45, 7) is 2.10. The highest BCUT2D eigenvalue weighted by Crippen LogP contribution is 2.35. The smallest absolute Gasteiger partial charge is 0.308 e. The predicted octanol–water partition coefficient (Wildman–Crippen LogP) is 2.40. The molecule has 1 aliphatic carbocycles. The van der Waals surface area contributed by atoms with Gasteiger partial charge in [0.05, 0.1) is 5.92 Å². The zero-order valence-electron chi connectivity index (χ0n) is 12.2. The number of carboxylic acids is 1. The molecule has 0 aliphatic heterocycles. The zero-order chi connectivity index (χ0) is 15.2. The molecule has 1 aromatic rings. The van der Waals surface area contributed by atoms with E-state index in [1.165, 1.54) is 0 Å². The van der Waals surface area contributed by atoms with Gasteiger partial charge in [0.25, 0.3) is 0 Å². The highest BCUT2D eigenvalue weighted by Gasteiger charge is 2.24. The van der Waals surface area contributed by atoms with Crippen LogP contribution in [-0.2, 0) is 16.0 Å². The Bertz CT molecular complexity index is 532. The van der Waals surface area contributed by atoms with E-state index in [9.17, 15) is 14.7 Å². The van der Waals surface area contributed by atoms with Gasteiger partial charge in [-0.1, -0.05) is 35.9 Å². The number of aliphatic carboxylic acids is 1. The van der Waals surface area contributed by atoms with Gasteiger partial charge < -0.3 is 10.4 Å². The zero-order valence-corrected chi connectivity index (χ0v) is 12.2. The van der Waals surface area contributed by atoms with Crippen LogP contribution < -0.4 is 5.32 Å². The lowest BCUT2D eigenvalue weighted by molar-refractivity contribution is -0.141. The van der Waals surface area contributed by atoms with Crippen molar-refractivity contribution < 1.29 is 14.7 Å². The van der Waals surface area contributed by atoms with E-state index in [2.05, 4.69) is 5.32 Å². The number of carbonyl (C=O) groups is 2. The average Bonchev–Trinajstić information content (AvgIpc) is 3.28. The Morgan fingerprint density at radius 3 is 2.57 bits per heavy atom. The molecule has 112 valence electrons. The second kappa shape index (κ2) is 7.07. The molecule has 1 aliphatic rings. The Balaban J connectivity index is 1.86. The number of benzene rings is 1.